The molecule has 3 fully saturated rings. The zero-order valence-electron chi connectivity index (χ0n) is 18.4. The van der Waals surface area contributed by atoms with Gasteiger partial charge < -0.3 is 24.5 Å². The van der Waals surface area contributed by atoms with Crippen LogP contribution in [-0.2, 0) is 16.1 Å². The second-order valence-corrected chi connectivity index (χ2v) is 9.49. The number of hydrogen-bond acceptors (Lipinski definition) is 7. The molecule has 12 heteroatoms. The van der Waals surface area contributed by atoms with E-state index in [0.29, 0.717) is 19.6 Å². The first-order valence-corrected chi connectivity index (χ1v) is 11.4. The van der Waals surface area contributed by atoms with Gasteiger partial charge in [0.2, 0.25) is 11.9 Å². The maximum atomic E-state index is 14.0. The van der Waals surface area contributed by atoms with Crippen LogP contribution in [0.2, 0.25) is 0 Å². The summed E-state index contributed by atoms with van der Waals surface area (Å²) in [5, 5.41) is 9.99. The number of amides is 1. The molecule has 0 saturated carbocycles. The van der Waals surface area contributed by atoms with Crippen molar-refractivity contribution in [1.29, 1.82) is 0 Å². The number of nitrogens with zero attached hydrogens (tertiary/aromatic N) is 5. The molecule has 0 aliphatic carbocycles. The van der Waals surface area contributed by atoms with Gasteiger partial charge in [-0.25, -0.2) is 0 Å². The standard InChI is InChI=1S/C21H28F3N5O4/c1-12-6-15(30)8-27(12)17-7-18(31)26-5-4-16(21(22,23)24)28(20(26)25-17)9-19(32)29-13-2-3-14(29)11-33-10-13/h7,12-16,30H,2-6,8-11H2,1H3. The van der Waals surface area contributed by atoms with Gasteiger partial charge in [0.1, 0.15) is 18.4 Å². The molecule has 33 heavy (non-hydrogen) atoms. The molecule has 1 aromatic rings. The van der Waals surface area contributed by atoms with Gasteiger partial charge in [0.15, 0.2) is 0 Å². The molecule has 1 aromatic heterocycles. The second kappa shape index (κ2) is 8.15. The highest BCUT2D eigenvalue weighted by Gasteiger charge is 2.49. The van der Waals surface area contributed by atoms with Gasteiger partial charge in [0.05, 0.1) is 31.4 Å². The number of aliphatic hydroxyl groups is 1. The number of fused-ring (bicyclic) bond motifs is 3. The summed E-state index contributed by atoms with van der Waals surface area (Å²) in [4.78, 5) is 34.9. The Hall–Kier alpha value is -2.34. The number of β-amino-alcohol motifs (C(OH)–C–C–N with tert-alkyl or cyclic N) is 1. The summed E-state index contributed by atoms with van der Waals surface area (Å²) in [6, 6.07) is -0.980. The zero-order valence-corrected chi connectivity index (χ0v) is 18.4. The predicted octanol–water partition coefficient (Wildman–Crippen LogP) is 0.734. The lowest BCUT2D eigenvalue weighted by Crippen LogP contribution is -2.58. The molecule has 4 aliphatic heterocycles. The van der Waals surface area contributed by atoms with E-state index in [1.54, 1.807) is 9.80 Å². The summed E-state index contributed by atoms with van der Waals surface area (Å²) in [5.41, 5.74) is -0.465. The lowest BCUT2D eigenvalue weighted by Gasteiger charge is -2.41. The summed E-state index contributed by atoms with van der Waals surface area (Å²) in [6.45, 7) is 2.25. The fourth-order valence-corrected chi connectivity index (χ4v) is 5.71. The first-order valence-electron chi connectivity index (χ1n) is 11.4. The number of carbonyl (C=O) groups excluding carboxylic acids is 1. The van der Waals surface area contributed by atoms with Gasteiger partial charge >= 0.3 is 6.18 Å². The number of alkyl halides is 3. The number of hydrogen-bond donors (Lipinski definition) is 1. The van der Waals surface area contributed by atoms with Gasteiger partial charge in [-0.05, 0) is 32.6 Å². The van der Waals surface area contributed by atoms with Crippen LogP contribution in [0.5, 0.6) is 0 Å². The van der Waals surface area contributed by atoms with Gasteiger partial charge in [0, 0.05) is 25.2 Å². The highest BCUT2D eigenvalue weighted by Crippen LogP contribution is 2.36. The van der Waals surface area contributed by atoms with Crippen LogP contribution in [-0.4, -0.2) is 88.2 Å². The van der Waals surface area contributed by atoms with E-state index in [1.807, 2.05) is 6.92 Å². The second-order valence-electron chi connectivity index (χ2n) is 9.49. The topological polar surface area (TPSA) is 91.1 Å². The number of aromatic nitrogens is 2. The van der Waals surface area contributed by atoms with Gasteiger partial charge in [-0.2, -0.15) is 18.2 Å². The molecule has 0 radical (unpaired) electrons. The SMILES string of the molecule is CC1CC(O)CN1c1cc(=O)n2c(n1)N(CC(=O)N1C3CCC1COC3)C(C(F)(F)F)CC2. The van der Waals surface area contributed by atoms with E-state index in [9.17, 15) is 27.9 Å². The van der Waals surface area contributed by atoms with E-state index in [2.05, 4.69) is 4.98 Å². The van der Waals surface area contributed by atoms with Crippen LogP contribution in [0.15, 0.2) is 10.9 Å². The van der Waals surface area contributed by atoms with Crippen molar-refractivity contribution in [3.8, 4) is 0 Å². The number of ether oxygens (including phenoxy) is 1. The van der Waals surface area contributed by atoms with Crippen LogP contribution in [0, 0.1) is 0 Å². The number of morpholine rings is 1. The molecule has 0 spiro atoms. The van der Waals surface area contributed by atoms with Crippen molar-refractivity contribution in [2.24, 2.45) is 0 Å². The minimum atomic E-state index is -4.58. The van der Waals surface area contributed by atoms with Crippen molar-refractivity contribution in [2.45, 2.75) is 75.6 Å². The lowest BCUT2D eigenvalue weighted by atomic mass is 10.1. The van der Waals surface area contributed by atoms with Crippen molar-refractivity contribution in [3.05, 3.63) is 16.4 Å². The van der Waals surface area contributed by atoms with Crippen LogP contribution in [0.4, 0.5) is 24.9 Å². The Morgan fingerprint density at radius 3 is 2.55 bits per heavy atom. The maximum absolute atomic E-state index is 14.0. The molecule has 9 nitrogen and oxygen atoms in total. The minimum absolute atomic E-state index is 0.115. The van der Waals surface area contributed by atoms with E-state index in [1.165, 1.54) is 10.6 Å². The quantitative estimate of drug-likeness (QED) is 0.695. The summed E-state index contributed by atoms with van der Waals surface area (Å²) in [6.07, 6.45) is -3.50. The van der Waals surface area contributed by atoms with E-state index in [0.717, 1.165) is 17.7 Å². The average molecular weight is 471 g/mol. The Morgan fingerprint density at radius 2 is 1.94 bits per heavy atom. The van der Waals surface area contributed by atoms with E-state index < -0.39 is 36.3 Å². The van der Waals surface area contributed by atoms with Crippen molar-refractivity contribution in [1.82, 2.24) is 14.5 Å². The third kappa shape index (κ3) is 3.96. The fourth-order valence-electron chi connectivity index (χ4n) is 5.71. The molecule has 4 aliphatic rings. The van der Waals surface area contributed by atoms with Gasteiger partial charge in [-0.15, -0.1) is 0 Å². The third-order valence-electron chi connectivity index (χ3n) is 7.29. The number of anilines is 2. The molecule has 3 saturated heterocycles. The molecule has 5 rings (SSSR count). The zero-order chi connectivity index (χ0) is 23.5. The molecule has 5 unspecified atom stereocenters. The van der Waals surface area contributed by atoms with Crippen LogP contribution in [0.3, 0.4) is 0 Å². The Balaban J connectivity index is 1.51. The largest absolute Gasteiger partial charge is 0.408 e. The first kappa shape index (κ1) is 22.5. The first-order chi connectivity index (χ1) is 15.6. The maximum Gasteiger partial charge on any atom is 0.408 e. The number of halogens is 3. The van der Waals surface area contributed by atoms with Crippen molar-refractivity contribution in [2.75, 3.05) is 36.1 Å². The molecular formula is C21H28F3N5O4. The highest BCUT2D eigenvalue weighted by atomic mass is 19.4. The van der Waals surface area contributed by atoms with Crippen molar-refractivity contribution < 1.29 is 27.8 Å². The normalized spacial score (nSPS) is 31.8. The van der Waals surface area contributed by atoms with Gasteiger partial charge in [-0.3, -0.25) is 14.2 Å². The van der Waals surface area contributed by atoms with Crippen LogP contribution >= 0.6 is 0 Å². The molecule has 1 amide bonds. The van der Waals surface area contributed by atoms with Crippen LogP contribution < -0.4 is 15.4 Å². The van der Waals surface area contributed by atoms with Crippen LogP contribution in [0.1, 0.15) is 32.6 Å². The Kier molecular flexibility index (Phi) is 5.55. The summed E-state index contributed by atoms with van der Waals surface area (Å²) >= 11 is 0. The molecule has 1 N–H and O–H groups in total. The number of carbonyl (C=O) groups is 1. The van der Waals surface area contributed by atoms with Gasteiger partial charge in [-0.1, -0.05) is 0 Å². The van der Waals surface area contributed by atoms with Crippen molar-refractivity contribution >= 4 is 17.7 Å². The Morgan fingerprint density at radius 1 is 1.24 bits per heavy atom. The Labute approximate surface area is 188 Å². The molecule has 5 heterocycles. The summed E-state index contributed by atoms with van der Waals surface area (Å²) in [7, 11) is 0. The monoisotopic (exact) mass is 471 g/mol. The number of rotatable bonds is 3. The van der Waals surface area contributed by atoms with E-state index in [-0.39, 0.29) is 49.4 Å². The van der Waals surface area contributed by atoms with E-state index in [4.69, 9.17) is 4.74 Å². The molecule has 0 aromatic carbocycles. The smallest absolute Gasteiger partial charge is 0.391 e. The molecule has 182 valence electrons. The lowest BCUT2D eigenvalue weighted by molar-refractivity contribution is -0.155. The van der Waals surface area contributed by atoms with E-state index >= 15 is 0 Å². The molecule has 5 atom stereocenters. The Bertz CT molecular complexity index is 970. The third-order valence-corrected chi connectivity index (χ3v) is 7.29. The van der Waals surface area contributed by atoms with Crippen molar-refractivity contribution in [3.63, 3.8) is 0 Å². The van der Waals surface area contributed by atoms with Crippen LogP contribution in [0.25, 0.3) is 0 Å². The summed E-state index contributed by atoms with van der Waals surface area (Å²) in [5.74, 6) is -0.325. The summed E-state index contributed by atoms with van der Waals surface area (Å²) < 4.78 is 48.7. The predicted molar refractivity (Wildman–Crippen MR) is 112 cm³/mol. The molecular weight excluding hydrogens is 443 g/mol. The van der Waals surface area contributed by atoms with Gasteiger partial charge in [0.25, 0.3) is 5.56 Å². The average Bonchev–Trinajstić information content (AvgIpc) is 3.21. The molecule has 2 bridgehead atoms. The highest BCUT2D eigenvalue weighted by molar-refractivity contribution is 5.82. The fraction of sp³-hybridized carbons (Fsp3) is 0.762. The number of aliphatic hydroxyl groups excluding tert-OH is 1. The minimum Gasteiger partial charge on any atom is -0.391 e.